The van der Waals surface area contributed by atoms with Crippen LogP contribution in [0.1, 0.15) is 58.2 Å². The van der Waals surface area contributed by atoms with Gasteiger partial charge in [-0.2, -0.15) is 0 Å². The molecule has 0 aliphatic rings. The third-order valence-electron chi connectivity index (χ3n) is 5.99. The number of rotatable bonds is 7. The summed E-state index contributed by atoms with van der Waals surface area (Å²) in [4.78, 5) is 28.2. The van der Waals surface area contributed by atoms with Crippen LogP contribution in [0.4, 0.5) is 0 Å². The van der Waals surface area contributed by atoms with E-state index in [4.69, 9.17) is 21.1 Å². The summed E-state index contributed by atoms with van der Waals surface area (Å²) < 4.78 is 25.9. The van der Waals surface area contributed by atoms with Gasteiger partial charge in [-0.25, -0.2) is 0 Å². The van der Waals surface area contributed by atoms with Gasteiger partial charge < -0.3 is 14.0 Å². The Bertz CT molecular complexity index is 1320. The fourth-order valence-electron chi connectivity index (χ4n) is 4.13. The normalized spacial score (nSPS) is 13.1. The van der Waals surface area contributed by atoms with Gasteiger partial charge in [0.2, 0.25) is 11.0 Å². The zero-order chi connectivity index (χ0) is 26.1. The zero-order valence-corrected chi connectivity index (χ0v) is 22.7. The number of hydrogen-bond acceptors (Lipinski definition) is 5. The lowest BCUT2D eigenvalue weighted by molar-refractivity contribution is 0.104. The van der Waals surface area contributed by atoms with Gasteiger partial charge in [-0.1, -0.05) is 74.8 Å². The van der Waals surface area contributed by atoms with Gasteiger partial charge in [-0.15, -0.1) is 0 Å². The lowest BCUT2D eigenvalue weighted by Crippen LogP contribution is -2.25. The molecule has 0 aliphatic heterocycles. The van der Waals surface area contributed by atoms with E-state index in [2.05, 4.69) is 20.8 Å². The molecule has 0 aliphatic carbocycles. The molecule has 0 saturated carbocycles. The molecule has 0 heterocycles. The Labute approximate surface area is 211 Å². The van der Waals surface area contributed by atoms with Crippen LogP contribution in [0.3, 0.4) is 0 Å². The van der Waals surface area contributed by atoms with E-state index in [1.165, 1.54) is 38.5 Å². The molecule has 0 radical (unpaired) electrons. The molecule has 35 heavy (non-hydrogen) atoms. The first-order valence-electron chi connectivity index (χ1n) is 11.2. The van der Waals surface area contributed by atoms with Gasteiger partial charge in [0.15, 0.2) is 5.75 Å². The molecular formula is C28H30ClO5P. The Morgan fingerprint density at radius 3 is 1.91 bits per heavy atom. The molecule has 184 valence electrons. The Morgan fingerprint density at radius 1 is 0.857 bits per heavy atom. The van der Waals surface area contributed by atoms with E-state index in [-0.39, 0.29) is 38.4 Å². The molecule has 0 N–H and O–H groups in total. The standard InChI is InChI=1S/C28H30ClO5P/c1-17-15-20(28(3,4)5)16-18(2)23(17)27(31)35(32,26(30)19-11-9-8-10-12-19)25-22(33-6)14-13-21(29)24(25)34-7/h8-16H,1-7H3. The average Bonchev–Trinajstić information content (AvgIpc) is 2.82. The van der Waals surface area contributed by atoms with Crippen molar-refractivity contribution in [1.29, 1.82) is 0 Å². The van der Waals surface area contributed by atoms with Crippen molar-refractivity contribution >= 4 is 35.1 Å². The van der Waals surface area contributed by atoms with Crippen molar-refractivity contribution in [3.63, 3.8) is 0 Å². The van der Waals surface area contributed by atoms with Crippen molar-refractivity contribution in [2.45, 2.75) is 40.0 Å². The number of methoxy groups -OCH3 is 2. The SMILES string of the molecule is COc1ccc(Cl)c(OC)c1P(=O)(C(=O)c1ccccc1)C(=O)c1c(C)cc(C(C)(C)C)cc1C. The molecule has 0 saturated heterocycles. The van der Waals surface area contributed by atoms with Crippen LogP contribution < -0.4 is 14.8 Å². The van der Waals surface area contributed by atoms with E-state index in [0.717, 1.165) is 5.56 Å². The van der Waals surface area contributed by atoms with Gasteiger partial charge >= 0.3 is 0 Å². The quantitative estimate of drug-likeness (QED) is 0.321. The van der Waals surface area contributed by atoms with E-state index in [0.29, 0.717) is 11.1 Å². The van der Waals surface area contributed by atoms with Crippen LogP contribution in [0, 0.1) is 13.8 Å². The number of hydrogen-bond donors (Lipinski definition) is 0. The van der Waals surface area contributed by atoms with Gasteiger partial charge in [0.25, 0.3) is 7.14 Å². The molecular weight excluding hydrogens is 483 g/mol. The summed E-state index contributed by atoms with van der Waals surface area (Å²) in [5.41, 5.74) is 0.971. The highest BCUT2D eigenvalue weighted by Gasteiger charge is 2.48. The highest BCUT2D eigenvalue weighted by molar-refractivity contribution is 8.01. The summed E-state index contributed by atoms with van der Waals surface area (Å²) in [6.45, 7) is 9.81. The number of carbonyl (C=O) groups excluding carboxylic acids is 2. The summed E-state index contributed by atoms with van der Waals surface area (Å²) in [6.07, 6.45) is 0. The third-order valence-corrected chi connectivity index (χ3v) is 8.97. The minimum Gasteiger partial charge on any atom is -0.496 e. The smallest absolute Gasteiger partial charge is 0.256 e. The molecule has 7 heteroatoms. The minimum atomic E-state index is -4.55. The minimum absolute atomic E-state index is 0.0198. The van der Waals surface area contributed by atoms with Crippen LogP contribution in [0.2, 0.25) is 5.02 Å². The van der Waals surface area contributed by atoms with Crippen molar-refractivity contribution in [2.24, 2.45) is 0 Å². The molecule has 0 fully saturated rings. The summed E-state index contributed by atoms with van der Waals surface area (Å²) in [7, 11) is -1.83. The summed E-state index contributed by atoms with van der Waals surface area (Å²) >= 11 is 6.38. The lowest BCUT2D eigenvalue weighted by atomic mass is 9.84. The number of halogens is 1. The van der Waals surface area contributed by atoms with Crippen molar-refractivity contribution < 1.29 is 23.6 Å². The Balaban J connectivity index is 2.41. The van der Waals surface area contributed by atoms with Gasteiger partial charge in [-0.05, 0) is 48.1 Å². The molecule has 5 nitrogen and oxygen atoms in total. The Kier molecular flexibility index (Phi) is 7.64. The lowest BCUT2D eigenvalue weighted by Gasteiger charge is -2.25. The van der Waals surface area contributed by atoms with Gasteiger partial charge in [0.05, 0.1) is 19.2 Å². The molecule has 1 atom stereocenters. The largest absolute Gasteiger partial charge is 0.496 e. The molecule has 1 unspecified atom stereocenters. The van der Waals surface area contributed by atoms with E-state index in [1.807, 2.05) is 12.1 Å². The number of ether oxygens (including phenoxy) is 2. The average molecular weight is 513 g/mol. The molecule has 3 rings (SSSR count). The first-order valence-corrected chi connectivity index (χ1v) is 13.2. The van der Waals surface area contributed by atoms with E-state index >= 15 is 0 Å². The van der Waals surface area contributed by atoms with E-state index in [9.17, 15) is 14.2 Å². The maximum Gasteiger partial charge on any atom is 0.256 e. The van der Waals surface area contributed by atoms with Crippen LogP contribution in [0.15, 0.2) is 54.6 Å². The monoisotopic (exact) mass is 512 g/mol. The number of carbonyl (C=O) groups is 2. The number of benzene rings is 3. The number of aryl methyl sites for hydroxylation is 2. The second-order valence-electron chi connectivity index (χ2n) is 9.45. The highest BCUT2D eigenvalue weighted by Crippen LogP contribution is 2.56. The highest BCUT2D eigenvalue weighted by atomic mass is 35.5. The summed E-state index contributed by atoms with van der Waals surface area (Å²) in [5.74, 6) is 0.0717. The third kappa shape index (κ3) is 4.80. The topological polar surface area (TPSA) is 69.7 Å². The fourth-order valence-corrected chi connectivity index (χ4v) is 7.18. The second kappa shape index (κ2) is 10.0. The van der Waals surface area contributed by atoms with Crippen molar-refractivity contribution in [3.05, 3.63) is 87.4 Å². The van der Waals surface area contributed by atoms with Gasteiger partial charge in [-0.3, -0.25) is 9.59 Å². The Morgan fingerprint density at radius 2 is 1.43 bits per heavy atom. The van der Waals surface area contributed by atoms with Crippen LogP contribution in [0.25, 0.3) is 0 Å². The molecule has 0 spiro atoms. The summed E-state index contributed by atoms with van der Waals surface area (Å²) in [6, 6.07) is 14.9. The van der Waals surface area contributed by atoms with Crippen molar-refractivity contribution in [2.75, 3.05) is 14.2 Å². The molecule has 3 aromatic rings. The van der Waals surface area contributed by atoms with E-state index in [1.54, 1.807) is 32.0 Å². The van der Waals surface area contributed by atoms with Crippen molar-refractivity contribution in [1.82, 2.24) is 0 Å². The maximum absolute atomic E-state index is 15.0. The Hall–Kier alpha value is -2.88. The summed E-state index contributed by atoms with van der Waals surface area (Å²) in [5, 5.41) is -0.0127. The first-order chi connectivity index (χ1) is 16.4. The maximum atomic E-state index is 15.0. The van der Waals surface area contributed by atoms with E-state index < -0.39 is 18.2 Å². The first kappa shape index (κ1) is 26.7. The van der Waals surface area contributed by atoms with Gasteiger partial charge in [0.1, 0.15) is 11.1 Å². The zero-order valence-electron chi connectivity index (χ0n) is 21.1. The fraction of sp³-hybridized carbons (Fsp3) is 0.286. The molecule has 0 bridgehead atoms. The predicted molar refractivity (Wildman–Crippen MR) is 142 cm³/mol. The predicted octanol–water partition coefficient (Wildman–Crippen LogP) is 6.94. The van der Waals surface area contributed by atoms with Crippen LogP contribution in [-0.4, -0.2) is 25.3 Å². The van der Waals surface area contributed by atoms with Gasteiger partial charge in [0, 0.05) is 11.1 Å². The van der Waals surface area contributed by atoms with Crippen LogP contribution in [0.5, 0.6) is 11.5 Å². The second-order valence-corrected chi connectivity index (χ2v) is 12.3. The van der Waals surface area contributed by atoms with Crippen molar-refractivity contribution in [3.8, 4) is 11.5 Å². The molecule has 3 aromatic carbocycles. The molecule has 0 amide bonds. The van der Waals surface area contributed by atoms with Crippen LogP contribution in [-0.2, 0) is 9.98 Å². The van der Waals surface area contributed by atoms with Crippen LogP contribution >= 0.6 is 18.7 Å². The molecule has 0 aromatic heterocycles.